The van der Waals surface area contributed by atoms with Crippen LogP contribution in [-0.2, 0) is 0 Å². The summed E-state index contributed by atoms with van der Waals surface area (Å²) in [5, 5.41) is 2.05. The third-order valence-corrected chi connectivity index (χ3v) is 14.5. The molecule has 314 valence electrons. The number of amides is 8. The lowest BCUT2D eigenvalue weighted by molar-refractivity contribution is 0.0573. The van der Waals surface area contributed by atoms with Gasteiger partial charge in [-0.3, -0.25) is 58.0 Å². The lowest BCUT2D eigenvalue weighted by atomic mass is 9.83. The zero-order valence-corrected chi connectivity index (χ0v) is 37.1. The molecular formula is C48H42N4O8S2. The van der Waals surface area contributed by atoms with Crippen molar-refractivity contribution in [3.63, 3.8) is 0 Å². The fourth-order valence-corrected chi connectivity index (χ4v) is 12.2. The molecule has 0 bridgehead atoms. The van der Waals surface area contributed by atoms with E-state index in [-0.39, 0.29) is 116 Å². The van der Waals surface area contributed by atoms with Gasteiger partial charge in [-0.1, -0.05) is 55.4 Å². The first kappa shape index (κ1) is 40.0. The summed E-state index contributed by atoms with van der Waals surface area (Å²) in [5.41, 5.74) is 1.92. The average molecular weight is 867 g/mol. The van der Waals surface area contributed by atoms with Gasteiger partial charge in [0.25, 0.3) is 47.3 Å². The van der Waals surface area contributed by atoms with Gasteiger partial charge < -0.3 is 0 Å². The van der Waals surface area contributed by atoms with Crippen LogP contribution in [0, 0.1) is 23.7 Å². The first-order valence-electron chi connectivity index (χ1n) is 21.0. The molecule has 12 nitrogen and oxygen atoms in total. The first-order valence-corrected chi connectivity index (χ1v) is 22.6. The van der Waals surface area contributed by atoms with Crippen LogP contribution >= 0.6 is 22.7 Å². The molecule has 2 aromatic heterocycles. The predicted octanol–water partition coefficient (Wildman–Crippen LogP) is 9.10. The van der Waals surface area contributed by atoms with Crippen LogP contribution in [0.4, 0.5) is 0 Å². The largest absolute Gasteiger partial charge is 0.274 e. The molecule has 0 radical (unpaired) electrons. The molecular weight excluding hydrogens is 825 g/mol. The maximum absolute atomic E-state index is 14.7. The minimum absolute atomic E-state index is 0.0411. The molecule has 0 saturated heterocycles. The topological polar surface area (TPSA) is 150 Å². The molecule has 10 rings (SSSR count). The number of rotatable bonds is 9. The zero-order chi connectivity index (χ0) is 44.1. The molecule has 0 N–H and O–H groups in total. The van der Waals surface area contributed by atoms with E-state index in [1.54, 1.807) is 24.3 Å². The van der Waals surface area contributed by atoms with Gasteiger partial charge in [-0.25, -0.2) is 0 Å². The number of carbonyl (C=O) groups excluding carboxylic acids is 8. The maximum atomic E-state index is 14.7. The second kappa shape index (κ2) is 13.7. The molecule has 0 spiro atoms. The highest BCUT2D eigenvalue weighted by molar-refractivity contribution is 7.29. The van der Waals surface area contributed by atoms with E-state index in [1.165, 1.54) is 42.3 Å². The number of hydrogen-bond donors (Lipinski definition) is 0. The quantitative estimate of drug-likeness (QED) is 0.131. The van der Waals surface area contributed by atoms with Crippen molar-refractivity contribution in [1.29, 1.82) is 0 Å². The molecule has 0 fully saturated rings. The Kier molecular flexibility index (Phi) is 8.83. The monoisotopic (exact) mass is 866 g/mol. The van der Waals surface area contributed by atoms with Crippen molar-refractivity contribution in [2.24, 2.45) is 23.7 Å². The summed E-state index contributed by atoms with van der Waals surface area (Å²) in [5.74, 6) is -4.19. The van der Waals surface area contributed by atoms with Crippen LogP contribution in [0.15, 0.2) is 36.4 Å². The normalized spacial score (nSPS) is 16.4. The lowest BCUT2D eigenvalue weighted by Gasteiger charge is -2.33. The van der Waals surface area contributed by atoms with Gasteiger partial charge in [-0.2, -0.15) is 0 Å². The summed E-state index contributed by atoms with van der Waals surface area (Å²) < 4.78 is 0.951. The zero-order valence-electron chi connectivity index (χ0n) is 35.5. The van der Waals surface area contributed by atoms with Crippen LogP contribution in [0.25, 0.3) is 51.5 Å². The third kappa shape index (κ3) is 5.35. The molecule has 0 atom stereocenters. The van der Waals surface area contributed by atoms with E-state index in [9.17, 15) is 38.4 Å². The van der Waals surface area contributed by atoms with Gasteiger partial charge in [0.1, 0.15) is 0 Å². The Hall–Kier alpha value is -6.12. The van der Waals surface area contributed by atoms with E-state index in [0.717, 1.165) is 0 Å². The summed E-state index contributed by atoms with van der Waals surface area (Å²) in [7, 11) is 0. The molecule has 0 saturated carbocycles. The Morgan fingerprint density at radius 1 is 0.371 bits per heavy atom. The smallest absolute Gasteiger partial charge is 0.262 e. The number of hydrogen-bond acceptors (Lipinski definition) is 10. The number of nitrogens with zero attached hydrogens (tertiary/aromatic N) is 4. The van der Waals surface area contributed by atoms with Gasteiger partial charge in [0, 0.05) is 99.9 Å². The SMILES string of the molecule is CC(C)CN1C(=O)c2ccc3c4c(c5sc(-c6cc7c8c9c(ccc%10c9c(c7s6)C(=O)N(CC(C)C)C%10=O)C(=O)N(CC(C)C)C8=O)cc5c(c24)C1=O)C(=O)N(CC(C)C)C3=O. The molecule has 8 amide bonds. The van der Waals surface area contributed by atoms with Crippen molar-refractivity contribution >= 4 is 112 Å². The number of imide groups is 4. The second-order valence-corrected chi connectivity index (χ2v) is 20.6. The van der Waals surface area contributed by atoms with Gasteiger partial charge >= 0.3 is 0 Å². The van der Waals surface area contributed by atoms with Crippen LogP contribution in [-0.4, -0.2) is 93.0 Å². The first-order chi connectivity index (χ1) is 29.4. The molecule has 62 heavy (non-hydrogen) atoms. The van der Waals surface area contributed by atoms with Gasteiger partial charge in [0.15, 0.2) is 0 Å². The van der Waals surface area contributed by atoms with Crippen molar-refractivity contribution in [2.75, 3.05) is 26.2 Å². The van der Waals surface area contributed by atoms with Crippen LogP contribution in [0.2, 0.25) is 0 Å². The van der Waals surface area contributed by atoms with Crippen molar-refractivity contribution in [3.05, 3.63) is 80.9 Å². The van der Waals surface area contributed by atoms with Gasteiger partial charge in [-0.05, 0) is 60.1 Å². The molecule has 0 aliphatic carbocycles. The molecule has 4 aliphatic heterocycles. The fourth-order valence-electron chi connectivity index (χ4n) is 9.69. The Morgan fingerprint density at radius 3 is 0.871 bits per heavy atom. The number of benzene rings is 4. The van der Waals surface area contributed by atoms with E-state index in [1.807, 2.05) is 67.5 Å². The van der Waals surface area contributed by atoms with Gasteiger partial charge in [-0.15, -0.1) is 22.7 Å². The van der Waals surface area contributed by atoms with Crippen LogP contribution in [0.3, 0.4) is 0 Å². The third-order valence-electron chi connectivity index (χ3n) is 12.0. The Balaban J connectivity index is 1.30. The highest BCUT2D eigenvalue weighted by Crippen LogP contribution is 2.52. The highest BCUT2D eigenvalue weighted by atomic mass is 32.1. The highest BCUT2D eigenvalue weighted by Gasteiger charge is 2.45. The summed E-state index contributed by atoms with van der Waals surface area (Å²) in [6.07, 6.45) is 0. The lowest BCUT2D eigenvalue weighted by Crippen LogP contribution is -2.45. The van der Waals surface area contributed by atoms with E-state index in [2.05, 4.69) is 0 Å². The van der Waals surface area contributed by atoms with Crippen molar-refractivity contribution in [3.8, 4) is 9.75 Å². The average Bonchev–Trinajstić information content (AvgIpc) is 3.85. The second-order valence-electron chi connectivity index (χ2n) is 18.5. The van der Waals surface area contributed by atoms with Gasteiger partial charge in [0.05, 0.1) is 22.3 Å². The Bertz CT molecular complexity index is 2770. The summed E-state index contributed by atoms with van der Waals surface area (Å²) in [4.78, 5) is 121. The van der Waals surface area contributed by atoms with E-state index in [4.69, 9.17) is 0 Å². The molecule has 0 unspecified atom stereocenters. The van der Waals surface area contributed by atoms with E-state index < -0.39 is 47.3 Å². The number of carbonyl (C=O) groups is 8. The minimum Gasteiger partial charge on any atom is -0.274 e. The van der Waals surface area contributed by atoms with Crippen LogP contribution in [0.5, 0.6) is 0 Å². The Morgan fingerprint density at radius 2 is 0.613 bits per heavy atom. The summed E-state index contributed by atoms with van der Waals surface area (Å²) in [6, 6.07) is 9.98. The Labute approximate surface area is 364 Å². The molecule has 6 aromatic rings. The van der Waals surface area contributed by atoms with Crippen molar-refractivity contribution < 1.29 is 38.4 Å². The number of thiophene rings is 2. The van der Waals surface area contributed by atoms with Crippen LogP contribution in [0.1, 0.15) is 138 Å². The molecule has 4 aliphatic rings. The van der Waals surface area contributed by atoms with Gasteiger partial charge in [0.2, 0.25) is 0 Å². The van der Waals surface area contributed by atoms with E-state index in [0.29, 0.717) is 29.9 Å². The fraction of sp³-hybridized carbons (Fsp3) is 0.333. The molecule has 4 aromatic carbocycles. The molecule has 6 heterocycles. The minimum atomic E-state index is -0.517. The summed E-state index contributed by atoms with van der Waals surface area (Å²) >= 11 is 2.52. The number of fused-ring (bicyclic) bond motifs is 6. The van der Waals surface area contributed by atoms with Crippen molar-refractivity contribution in [1.82, 2.24) is 19.6 Å². The predicted molar refractivity (Wildman–Crippen MR) is 238 cm³/mol. The van der Waals surface area contributed by atoms with Crippen molar-refractivity contribution in [2.45, 2.75) is 55.4 Å². The summed E-state index contributed by atoms with van der Waals surface area (Å²) in [6.45, 7) is 16.0. The van der Waals surface area contributed by atoms with Crippen LogP contribution < -0.4 is 0 Å². The molecule has 14 heteroatoms. The standard InChI is InChI=1S/C48H42N4O8S2/c1-19(2)15-49-41(53)23-9-11-25-33-31(23)35(45(49)57)27-13-29(61-39(27)37(33)47(59)51(43(25)55)17-21(5)6)30-14-28-36-32-24(42(54)50(46(36)58)16-20(3)4)10-12-26-34(32)38(40(28)62-30)48(60)52(44(26)56)18-22(7)8/h9-14,19-22H,15-18H2,1-8H3. The maximum Gasteiger partial charge on any atom is 0.262 e. The van der Waals surface area contributed by atoms with E-state index >= 15 is 0 Å².